The molecule has 0 aromatic carbocycles. The molecule has 2 unspecified atom stereocenters. The molecule has 2 aliphatic rings. The molecule has 1 nitrogen and oxygen atoms in total. The van der Waals surface area contributed by atoms with Gasteiger partial charge in [0.15, 0.2) is 0 Å². The summed E-state index contributed by atoms with van der Waals surface area (Å²) in [4.78, 5) is 0. The first-order valence-electron chi connectivity index (χ1n) is 6.60. The maximum Gasteiger partial charge on any atom is 0.123 e. The van der Waals surface area contributed by atoms with Crippen LogP contribution in [0.3, 0.4) is 0 Å². The third-order valence-corrected chi connectivity index (χ3v) is 4.34. The highest BCUT2D eigenvalue weighted by Gasteiger charge is 2.40. The van der Waals surface area contributed by atoms with Gasteiger partial charge in [0.2, 0.25) is 0 Å². The lowest BCUT2D eigenvalue weighted by molar-refractivity contribution is 0.0276. The maximum absolute atomic E-state index is 14.4. The minimum absolute atomic E-state index is 0.317. The highest BCUT2D eigenvalue weighted by molar-refractivity contribution is 4.93. The minimum Gasteiger partial charge on any atom is -0.314 e. The van der Waals surface area contributed by atoms with Gasteiger partial charge in [-0.15, -0.1) is 0 Å². The van der Waals surface area contributed by atoms with Crippen LogP contribution in [0.5, 0.6) is 0 Å². The Morgan fingerprint density at radius 2 is 1.73 bits per heavy atom. The molecule has 0 radical (unpaired) electrons. The smallest absolute Gasteiger partial charge is 0.123 e. The van der Waals surface area contributed by atoms with E-state index in [1.54, 1.807) is 6.92 Å². The van der Waals surface area contributed by atoms with Gasteiger partial charge in [-0.25, -0.2) is 4.39 Å². The molecule has 2 fully saturated rings. The van der Waals surface area contributed by atoms with E-state index in [-0.39, 0.29) is 0 Å². The van der Waals surface area contributed by atoms with Crippen LogP contribution in [0.4, 0.5) is 4.39 Å². The highest BCUT2D eigenvalue weighted by Crippen LogP contribution is 2.39. The first-order valence-corrected chi connectivity index (χ1v) is 6.60. The average Bonchev–Trinajstić information content (AvgIpc) is 2.45. The molecule has 0 aromatic rings. The molecular formula is C13H24FN. The van der Waals surface area contributed by atoms with Gasteiger partial charge >= 0.3 is 0 Å². The number of rotatable bonds is 1. The molecule has 0 spiro atoms. The van der Waals surface area contributed by atoms with Crippen LogP contribution < -0.4 is 5.32 Å². The molecule has 0 bridgehead atoms. The molecule has 0 amide bonds. The lowest BCUT2D eigenvalue weighted by atomic mass is 9.73. The molecule has 2 rings (SSSR count). The van der Waals surface area contributed by atoms with Crippen molar-refractivity contribution < 1.29 is 4.39 Å². The van der Waals surface area contributed by atoms with Crippen molar-refractivity contribution in [3.8, 4) is 0 Å². The zero-order valence-electron chi connectivity index (χ0n) is 9.90. The summed E-state index contributed by atoms with van der Waals surface area (Å²) in [5.41, 5.74) is -0.965. The molecule has 1 heterocycles. The highest BCUT2D eigenvalue weighted by atomic mass is 19.1. The third kappa shape index (κ3) is 2.72. The quantitative estimate of drug-likeness (QED) is 0.659. The Bertz CT molecular complexity index is 195. The number of halogens is 1. The number of hydrogen-bond acceptors (Lipinski definition) is 1. The Morgan fingerprint density at radius 1 is 1.07 bits per heavy atom. The van der Waals surface area contributed by atoms with Crippen LogP contribution in [-0.4, -0.2) is 18.8 Å². The monoisotopic (exact) mass is 213 g/mol. The largest absolute Gasteiger partial charge is 0.314 e. The van der Waals surface area contributed by atoms with Gasteiger partial charge in [-0.3, -0.25) is 0 Å². The van der Waals surface area contributed by atoms with E-state index >= 15 is 0 Å². The fraction of sp³-hybridized carbons (Fsp3) is 1.00. The van der Waals surface area contributed by atoms with Gasteiger partial charge in [0.25, 0.3) is 0 Å². The maximum atomic E-state index is 14.4. The van der Waals surface area contributed by atoms with Crippen LogP contribution in [0.25, 0.3) is 0 Å². The Balaban J connectivity index is 1.99. The van der Waals surface area contributed by atoms with Crippen LogP contribution in [-0.2, 0) is 0 Å². The Hall–Kier alpha value is -0.110. The number of piperidine rings is 1. The van der Waals surface area contributed by atoms with E-state index in [0.717, 1.165) is 13.0 Å². The van der Waals surface area contributed by atoms with E-state index in [2.05, 4.69) is 5.32 Å². The van der Waals surface area contributed by atoms with Crippen molar-refractivity contribution in [3.63, 3.8) is 0 Å². The molecule has 0 aromatic heterocycles. The number of alkyl halides is 1. The van der Waals surface area contributed by atoms with Crippen LogP contribution in [0.15, 0.2) is 0 Å². The van der Waals surface area contributed by atoms with Crippen molar-refractivity contribution in [1.82, 2.24) is 5.32 Å². The Labute approximate surface area is 92.8 Å². The van der Waals surface area contributed by atoms with E-state index < -0.39 is 5.67 Å². The zero-order valence-corrected chi connectivity index (χ0v) is 9.90. The van der Waals surface area contributed by atoms with Crippen LogP contribution >= 0.6 is 0 Å². The van der Waals surface area contributed by atoms with Crippen LogP contribution in [0.2, 0.25) is 0 Å². The molecule has 1 aliphatic heterocycles. The molecular weight excluding hydrogens is 189 g/mol. The van der Waals surface area contributed by atoms with Crippen molar-refractivity contribution in [3.05, 3.63) is 0 Å². The van der Waals surface area contributed by atoms with Crippen LogP contribution in [0, 0.1) is 11.8 Å². The van der Waals surface area contributed by atoms with Gasteiger partial charge in [0.05, 0.1) is 0 Å². The second-order valence-electron chi connectivity index (χ2n) is 5.60. The summed E-state index contributed by atoms with van der Waals surface area (Å²) in [6, 6.07) is 0. The number of hydrogen-bond donors (Lipinski definition) is 1. The summed E-state index contributed by atoms with van der Waals surface area (Å²) in [6.45, 7) is 3.38. The standard InChI is InChI=1S/C13H24FN/c1-13(14)10-15-9-8-12(13)11-6-4-2-3-5-7-11/h11-12,15H,2-10H2,1H3. The molecule has 2 heteroatoms. The molecule has 1 saturated heterocycles. The predicted molar refractivity (Wildman–Crippen MR) is 61.7 cm³/mol. The summed E-state index contributed by atoms with van der Waals surface area (Å²) in [7, 11) is 0. The van der Waals surface area contributed by atoms with E-state index in [1.807, 2.05) is 0 Å². The summed E-state index contributed by atoms with van der Waals surface area (Å²) in [5, 5.41) is 3.18. The molecule has 88 valence electrons. The van der Waals surface area contributed by atoms with E-state index in [0.29, 0.717) is 18.4 Å². The second kappa shape index (κ2) is 4.82. The van der Waals surface area contributed by atoms with Crippen molar-refractivity contribution in [2.24, 2.45) is 11.8 Å². The average molecular weight is 213 g/mol. The fourth-order valence-corrected chi connectivity index (χ4v) is 3.46. The first kappa shape index (κ1) is 11.4. The molecule has 1 N–H and O–H groups in total. The number of nitrogens with one attached hydrogen (secondary N) is 1. The van der Waals surface area contributed by atoms with Crippen molar-refractivity contribution in [2.45, 2.75) is 57.5 Å². The summed E-state index contributed by atoms with van der Waals surface area (Å²) in [6.07, 6.45) is 8.95. The van der Waals surface area contributed by atoms with E-state index in [1.165, 1.54) is 38.5 Å². The summed E-state index contributed by atoms with van der Waals surface area (Å²) in [5.74, 6) is 0.974. The Kier molecular flexibility index (Phi) is 3.65. The topological polar surface area (TPSA) is 12.0 Å². The second-order valence-corrected chi connectivity index (χ2v) is 5.60. The normalized spacial score (nSPS) is 40.0. The van der Waals surface area contributed by atoms with Crippen molar-refractivity contribution in [2.75, 3.05) is 13.1 Å². The van der Waals surface area contributed by atoms with E-state index in [9.17, 15) is 4.39 Å². The van der Waals surface area contributed by atoms with Gasteiger partial charge in [-0.05, 0) is 31.7 Å². The molecule has 1 aliphatic carbocycles. The summed E-state index contributed by atoms with van der Waals surface area (Å²) >= 11 is 0. The molecule has 2 atom stereocenters. The van der Waals surface area contributed by atoms with Crippen molar-refractivity contribution in [1.29, 1.82) is 0 Å². The Morgan fingerprint density at radius 3 is 2.33 bits per heavy atom. The van der Waals surface area contributed by atoms with Gasteiger partial charge < -0.3 is 5.32 Å². The summed E-state index contributed by atoms with van der Waals surface area (Å²) < 4.78 is 14.4. The predicted octanol–water partition coefficient (Wildman–Crippen LogP) is 3.29. The SMILES string of the molecule is CC1(F)CNCCC1C1CCCCCC1. The molecule has 1 saturated carbocycles. The minimum atomic E-state index is -0.965. The lowest BCUT2D eigenvalue weighted by Crippen LogP contribution is -2.49. The fourth-order valence-electron chi connectivity index (χ4n) is 3.46. The lowest BCUT2D eigenvalue weighted by Gasteiger charge is -2.40. The third-order valence-electron chi connectivity index (χ3n) is 4.34. The van der Waals surface area contributed by atoms with Crippen molar-refractivity contribution >= 4 is 0 Å². The van der Waals surface area contributed by atoms with Gasteiger partial charge in [-0.1, -0.05) is 38.5 Å². The van der Waals surface area contributed by atoms with Gasteiger partial charge in [-0.2, -0.15) is 0 Å². The van der Waals surface area contributed by atoms with Gasteiger partial charge in [0.1, 0.15) is 5.67 Å². The molecule has 15 heavy (non-hydrogen) atoms. The van der Waals surface area contributed by atoms with Gasteiger partial charge in [0, 0.05) is 6.54 Å². The van der Waals surface area contributed by atoms with Crippen LogP contribution in [0.1, 0.15) is 51.9 Å². The van der Waals surface area contributed by atoms with E-state index in [4.69, 9.17) is 0 Å². The zero-order chi connectivity index (χ0) is 10.7. The first-order chi connectivity index (χ1) is 7.20.